The van der Waals surface area contributed by atoms with E-state index in [9.17, 15) is 18.3 Å². The molecule has 0 saturated heterocycles. The quantitative estimate of drug-likeness (QED) is 0.878. The lowest BCUT2D eigenvalue weighted by atomic mass is 9.84. The van der Waals surface area contributed by atoms with E-state index in [-0.39, 0.29) is 5.92 Å². The highest BCUT2D eigenvalue weighted by Crippen LogP contribution is 2.34. The summed E-state index contributed by atoms with van der Waals surface area (Å²) in [5.74, 6) is 0.128. The van der Waals surface area contributed by atoms with Crippen molar-refractivity contribution in [3.05, 3.63) is 29.6 Å². The van der Waals surface area contributed by atoms with E-state index in [2.05, 4.69) is 4.98 Å². The summed E-state index contributed by atoms with van der Waals surface area (Å²) in [5.41, 5.74) is -0.433. The largest absolute Gasteiger partial charge is 0.417 e. The van der Waals surface area contributed by atoms with Crippen molar-refractivity contribution in [2.24, 2.45) is 5.92 Å². The lowest BCUT2D eigenvalue weighted by molar-refractivity contribution is -0.137. The molecule has 0 radical (unpaired) electrons. The van der Waals surface area contributed by atoms with Crippen molar-refractivity contribution < 1.29 is 18.3 Å². The molecule has 0 aliphatic heterocycles. The molecule has 0 bridgehead atoms. The lowest BCUT2D eigenvalue weighted by Gasteiger charge is -2.26. The van der Waals surface area contributed by atoms with Gasteiger partial charge in [0.25, 0.3) is 0 Å². The van der Waals surface area contributed by atoms with Gasteiger partial charge in [0.1, 0.15) is 0 Å². The molecular formula is C13H16F3NO. The molecule has 1 aliphatic rings. The SMILES string of the molecule is OC(c1ccc(C(F)(F)F)cn1)C1CCCCC1. The zero-order valence-electron chi connectivity index (χ0n) is 9.95. The van der Waals surface area contributed by atoms with Gasteiger partial charge in [-0.15, -0.1) is 0 Å². The molecule has 1 heterocycles. The summed E-state index contributed by atoms with van der Waals surface area (Å²) in [5, 5.41) is 10.1. The zero-order valence-corrected chi connectivity index (χ0v) is 9.95. The van der Waals surface area contributed by atoms with Crippen molar-refractivity contribution >= 4 is 0 Å². The van der Waals surface area contributed by atoms with Crippen LogP contribution < -0.4 is 0 Å². The average Bonchev–Trinajstić information content (AvgIpc) is 2.38. The molecule has 1 atom stereocenters. The van der Waals surface area contributed by atoms with E-state index in [1.54, 1.807) is 0 Å². The van der Waals surface area contributed by atoms with Gasteiger partial charge in [-0.1, -0.05) is 19.3 Å². The maximum absolute atomic E-state index is 12.4. The monoisotopic (exact) mass is 259 g/mol. The minimum absolute atomic E-state index is 0.128. The van der Waals surface area contributed by atoms with Crippen LogP contribution in [0.2, 0.25) is 0 Å². The van der Waals surface area contributed by atoms with Gasteiger partial charge in [-0.25, -0.2) is 0 Å². The minimum atomic E-state index is -4.37. The van der Waals surface area contributed by atoms with Crippen LogP contribution in [-0.2, 0) is 6.18 Å². The summed E-state index contributed by atoms with van der Waals surface area (Å²) in [7, 11) is 0. The molecule has 5 heteroatoms. The molecule has 2 nitrogen and oxygen atoms in total. The van der Waals surface area contributed by atoms with E-state index >= 15 is 0 Å². The molecular weight excluding hydrogens is 243 g/mol. The number of hydrogen-bond donors (Lipinski definition) is 1. The summed E-state index contributed by atoms with van der Waals surface area (Å²) < 4.78 is 37.1. The number of rotatable bonds is 2. The number of aromatic nitrogens is 1. The molecule has 1 unspecified atom stereocenters. The highest BCUT2D eigenvalue weighted by Gasteiger charge is 2.31. The fourth-order valence-electron chi connectivity index (χ4n) is 2.44. The Morgan fingerprint density at radius 3 is 2.33 bits per heavy atom. The van der Waals surface area contributed by atoms with Crippen molar-refractivity contribution in [3.8, 4) is 0 Å². The van der Waals surface area contributed by atoms with Crippen molar-refractivity contribution in [2.75, 3.05) is 0 Å². The van der Waals surface area contributed by atoms with Crippen LogP contribution in [0.4, 0.5) is 13.2 Å². The fraction of sp³-hybridized carbons (Fsp3) is 0.615. The van der Waals surface area contributed by atoms with E-state index in [1.165, 1.54) is 12.5 Å². The first-order valence-electron chi connectivity index (χ1n) is 6.19. The van der Waals surface area contributed by atoms with Gasteiger partial charge < -0.3 is 5.11 Å². The van der Waals surface area contributed by atoms with Crippen LogP contribution in [0.1, 0.15) is 49.5 Å². The first kappa shape index (κ1) is 13.3. The second-order valence-electron chi connectivity index (χ2n) is 4.81. The molecule has 18 heavy (non-hydrogen) atoms. The summed E-state index contributed by atoms with van der Waals surface area (Å²) in [6.07, 6.45) is 0.831. The van der Waals surface area contributed by atoms with Gasteiger partial charge in [0.05, 0.1) is 17.4 Å². The van der Waals surface area contributed by atoms with Crippen LogP contribution >= 0.6 is 0 Å². The molecule has 0 aromatic carbocycles. The van der Waals surface area contributed by atoms with Gasteiger partial charge in [-0.05, 0) is 30.9 Å². The van der Waals surface area contributed by atoms with Crippen molar-refractivity contribution in [1.82, 2.24) is 4.98 Å². The summed E-state index contributed by atoms with van der Waals surface area (Å²) in [4.78, 5) is 3.75. The smallest absolute Gasteiger partial charge is 0.387 e. The van der Waals surface area contributed by atoms with Crippen molar-refractivity contribution in [3.63, 3.8) is 0 Å². The molecule has 1 aromatic heterocycles. The number of alkyl halides is 3. The highest BCUT2D eigenvalue weighted by molar-refractivity contribution is 5.18. The molecule has 1 saturated carbocycles. The van der Waals surface area contributed by atoms with E-state index in [1.807, 2.05) is 0 Å². The standard InChI is InChI=1S/C13H16F3NO/c14-13(15,16)10-6-7-11(17-8-10)12(18)9-4-2-1-3-5-9/h6-9,12,18H,1-5H2. The molecule has 100 valence electrons. The average molecular weight is 259 g/mol. The molecule has 0 spiro atoms. The summed E-state index contributed by atoms with van der Waals surface area (Å²) in [6, 6.07) is 2.26. The predicted octanol–water partition coefficient (Wildman–Crippen LogP) is 3.71. The summed E-state index contributed by atoms with van der Waals surface area (Å²) in [6.45, 7) is 0. The van der Waals surface area contributed by atoms with Crippen LogP contribution in [0.25, 0.3) is 0 Å². The van der Waals surface area contributed by atoms with Crippen LogP contribution in [0, 0.1) is 5.92 Å². The van der Waals surface area contributed by atoms with Crippen molar-refractivity contribution in [2.45, 2.75) is 44.4 Å². The Morgan fingerprint density at radius 1 is 1.17 bits per heavy atom. The molecule has 0 amide bonds. The predicted molar refractivity (Wildman–Crippen MR) is 60.8 cm³/mol. The maximum atomic E-state index is 12.4. The molecule has 1 aliphatic carbocycles. The van der Waals surface area contributed by atoms with E-state index in [4.69, 9.17) is 0 Å². The third kappa shape index (κ3) is 3.02. The van der Waals surface area contributed by atoms with Gasteiger partial charge in [0.2, 0.25) is 0 Å². The normalized spacial score (nSPS) is 19.8. The lowest BCUT2D eigenvalue weighted by Crippen LogP contribution is -2.17. The van der Waals surface area contributed by atoms with E-state index in [0.717, 1.165) is 37.9 Å². The van der Waals surface area contributed by atoms with E-state index in [0.29, 0.717) is 5.69 Å². The molecule has 1 fully saturated rings. The van der Waals surface area contributed by atoms with Crippen LogP contribution in [0.3, 0.4) is 0 Å². The van der Waals surface area contributed by atoms with Crippen molar-refractivity contribution in [1.29, 1.82) is 0 Å². The van der Waals surface area contributed by atoms with Crippen LogP contribution in [0.15, 0.2) is 18.3 Å². The molecule has 1 aromatic rings. The Bertz CT molecular complexity index is 382. The number of aliphatic hydroxyl groups excluding tert-OH is 1. The highest BCUT2D eigenvalue weighted by atomic mass is 19.4. The third-order valence-electron chi connectivity index (χ3n) is 3.51. The Morgan fingerprint density at radius 2 is 1.83 bits per heavy atom. The Balaban J connectivity index is 2.09. The number of hydrogen-bond acceptors (Lipinski definition) is 2. The number of nitrogens with zero attached hydrogens (tertiary/aromatic N) is 1. The van der Waals surface area contributed by atoms with E-state index < -0.39 is 17.8 Å². The second-order valence-corrected chi connectivity index (χ2v) is 4.81. The zero-order chi connectivity index (χ0) is 13.2. The first-order valence-corrected chi connectivity index (χ1v) is 6.19. The Hall–Kier alpha value is -1.10. The Kier molecular flexibility index (Phi) is 3.90. The van der Waals surface area contributed by atoms with Crippen LogP contribution in [-0.4, -0.2) is 10.1 Å². The summed E-state index contributed by atoms with van der Waals surface area (Å²) >= 11 is 0. The molecule has 1 N–H and O–H groups in total. The third-order valence-corrected chi connectivity index (χ3v) is 3.51. The topological polar surface area (TPSA) is 33.1 Å². The van der Waals surface area contributed by atoms with Gasteiger partial charge >= 0.3 is 6.18 Å². The first-order chi connectivity index (χ1) is 8.48. The van der Waals surface area contributed by atoms with Crippen LogP contribution in [0.5, 0.6) is 0 Å². The van der Waals surface area contributed by atoms with Gasteiger partial charge in [0.15, 0.2) is 0 Å². The Labute approximate surface area is 104 Å². The number of halogens is 3. The van der Waals surface area contributed by atoms with Gasteiger partial charge in [-0.3, -0.25) is 4.98 Å². The van der Waals surface area contributed by atoms with Gasteiger partial charge in [-0.2, -0.15) is 13.2 Å². The number of pyridine rings is 1. The second kappa shape index (κ2) is 5.26. The molecule has 2 rings (SSSR count). The fourth-order valence-corrected chi connectivity index (χ4v) is 2.44. The van der Waals surface area contributed by atoms with Gasteiger partial charge in [0, 0.05) is 6.20 Å². The number of aliphatic hydroxyl groups is 1. The minimum Gasteiger partial charge on any atom is -0.387 e. The maximum Gasteiger partial charge on any atom is 0.417 e.